The smallest absolute Gasteiger partial charge is 0.255 e. The Kier molecular flexibility index (Phi) is 6.97. The van der Waals surface area contributed by atoms with Crippen LogP contribution in [0.2, 0.25) is 0 Å². The number of thiazole rings is 1. The summed E-state index contributed by atoms with van der Waals surface area (Å²) in [5.74, 6) is -0.231. The van der Waals surface area contributed by atoms with Crippen molar-refractivity contribution < 1.29 is 17.9 Å². The largest absolute Gasteiger partial charge is 0.495 e. The summed E-state index contributed by atoms with van der Waals surface area (Å²) in [5.41, 5.74) is 2.49. The summed E-state index contributed by atoms with van der Waals surface area (Å²) in [7, 11) is -2.41. The van der Waals surface area contributed by atoms with Gasteiger partial charge in [0.25, 0.3) is 5.91 Å². The minimum atomic E-state index is -3.82. The van der Waals surface area contributed by atoms with Gasteiger partial charge in [0.15, 0.2) is 0 Å². The van der Waals surface area contributed by atoms with Gasteiger partial charge >= 0.3 is 0 Å². The van der Waals surface area contributed by atoms with Crippen LogP contribution in [0.1, 0.15) is 24.2 Å². The molecule has 0 spiro atoms. The molecule has 0 aliphatic carbocycles. The molecule has 0 radical (unpaired) electrons. The van der Waals surface area contributed by atoms with Crippen LogP contribution >= 0.6 is 11.3 Å². The van der Waals surface area contributed by atoms with Crippen LogP contribution in [0.5, 0.6) is 5.75 Å². The zero-order chi connectivity index (χ0) is 24.3. The minimum absolute atomic E-state index is 0.0363. The van der Waals surface area contributed by atoms with E-state index in [4.69, 9.17) is 9.72 Å². The third-order valence-electron chi connectivity index (χ3n) is 5.45. The van der Waals surface area contributed by atoms with Crippen LogP contribution in [-0.2, 0) is 10.0 Å². The van der Waals surface area contributed by atoms with Gasteiger partial charge in [0, 0.05) is 24.2 Å². The number of fused-ring (bicyclic) bond motifs is 1. The fraction of sp³-hybridized carbons (Fsp3) is 0.200. The van der Waals surface area contributed by atoms with Gasteiger partial charge in [-0.25, -0.2) is 13.4 Å². The molecule has 0 aliphatic rings. The first-order chi connectivity index (χ1) is 16.4. The van der Waals surface area contributed by atoms with E-state index in [-0.39, 0.29) is 16.2 Å². The lowest BCUT2D eigenvalue weighted by Crippen LogP contribution is -2.31. The third kappa shape index (κ3) is 4.54. The molecule has 1 aromatic heterocycles. The average Bonchev–Trinajstić information content (AvgIpc) is 3.28. The normalized spacial score (nSPS) is 11.6. The van der Waals surface area contributed by atoms with Crippen molar-refractivity contribution in [3.63, 3.8) is 0 Å². The summed E-state index contributed by atoms with van der Waals surface area (Å²) < 4.78 is 33.9. The molecular formula is C25H25N3O4S2. The number of para-hydroxylation sites is 2. The van der Waals surface area contributed by atoms with Crippen LogP contribution in [0.15, 0.2) is 71.6 Å². The third-order valence-corrected chi connectivity index (χ3v) is 8.59. The number of ether oxygens (including phenoxy) is 1. The number of methoxy groups -OCH3 is 1. The molecule has 0 aliphatic heterocycles. The molecule has 0 saturated heterocycles. The summed E-state index contributed by atoms with van der Waals surface area (Å²) in [6.45, 7) is 4.16. The lowest BCUT2D eigenvalue weighted by Gasteiger charge is -2.20. The van der Waals surface area contributed by atoms with Crippen molar-refractivity contribution in [1.29, 1.82) is 0 Å². The van der Waals surface area contributed by atoms with Gasteiger partial charge in [-0.3, -0.25) is 4.79 Å². The second-order valence-corrected chi connectivity index (χ2v) is 10.4. The predicted octanol–water partition coefficient (Wildman–Crippen LogP) is 5.25. The number of nitrogens with one attached hydrogen (secondary N) is 1. The molecule has 0 unspecified atom stereocenters. The summed E-state index contributed by atoms with van der Waals surface area (Å²) in [6.07, 6.45) is 0. The predicted molar refractivity (Wildman–Crippen MR) is 136 cm³/mol. The number of benzene rings is 3. The van der Waals surface area contributed by atoms with E-state index < -0.39 is 15.9 Å². The fourth-order valence-corrected chi connectivity index (χ4v) is 6.33. The molecule has 1 heterocycles. The van der Waals surface area contributed by atoms with Gasteiger partial charge in [-0.15, -0.1) is 11.3 Å². The molecule has 1 N–H and O–H groups in total. The van der Waals surface area contributed by atoms with E-state index in [1.807, 2.05) is 42.5 Å². The molecule has 3 aromatic carbocycles. The maximum Gasteiger partial charge on any atom is 0.255 e. The minimum Gasteiger partial charge on any atom is -0.495 e. The van der Waals surface area contributed by atoms with Crippen LogP contribution in [0.25, 0.3) is 20.8 Å². The highest BCUT2D eigenvalue weighted by Gasteiger charge is 2.27. The van der Waals surface area contributed by atoms with E-state index in [1.165, 1.54) is 23.5 Å². The van der Waals surface area contributed by atoms with Crippen molar-refractivity contribution >= 4 is 43.2 Å². The van der Waals surface area contributed by atoms with Gasteiger partial charge in [-0.05, 0) is 42.5 Å². The van der Waals surface area contributed by atoms with Crippen LogP contribution in [0, 0.1) is 0 Å². The van der Waals surface area contributed by atoms with E-state index in [0.29, 0.717) is 18.8 Å². The number of aromatic nitrogens is 1. The van der Waals surface area contributed by atoms with E-state index in [2.05, 4.69) is 5.32 Å². The number of hydrogen-bond donors (Lipinski definition) is 1. The zero-order valence-corrected chi connectivity index (χ0v) is 20.7. The van der Waals surface area contributed by atoms with Gasteiger partial charge < -0.3 is 10.1 Å². The summed E-state index contributed by atoms with van der Waals surface area (Å²) in [4.78, 5) is 17.8. The Morgan fingerprint density at radius 2 is 1.74 bits per heavy atom. The molecule has 0 saturated carbocycles. The highest BCUT2D eigenvalue weighted by Crippen LogP contribution is 2.35. The Bertz CT molecular complexity index is 1410. The highest BCUT2D eigenvalue weighted by molar-refractivity contribution is 7.89. The Morgan fingerprint density at radius 3 is 2.44 bits per heavy atom. The van der Waals surface area contributed by atoms with Gasteiger partial charge in [-0.2, -0.15) is 4.31 Å². The van der Waals surface area contributed by atoms with E-state index >= 15 is 0 Å². The number of anilines is 1. The van der Waals surface area contributed by atoms with Gasteiger partial charge in [-0.1, -0.05) is 38.1 Å². The number of hydrogen-bond acceptors (Lipinski definition) is 6. The first-order valence-corrected chi connectivity index (χ1v) is 13.1. The molecule has 0 fully saturated rings. The van der Waals surface area contributed by atoms with Crippen LogP contribution in [-0.4, -0.2) is 43.8 Å². The van der Waals surface area contributed by atoms with Crippen LogP contribution < -0.4 is 10.1 Å². The number of sulfonamides is 1. The Balaban J connectivity index is 1.69. The fourth-order valence-electron chi connectivity index (χ4n) is 3.68. The maximum atomic E-state index is 13.2. The van der Waals surface area contributed by atoms with Crippen molar-refractivity contribution in [3.8, 4) is 16.3 Å². The average molecular weight is 496 g/mol. The first-order valence-electron chi connectivity index (χ1n) is 10.8. The number of carbonyl (C=O) groups excluding carboxylic acids is 1. The summed E-state index contributed by atoms with van der Waals surface area (Å²) in [6, 6.07) is 19.7. The molecule has 4 aromatic rings. The number of amides is 1. The first kappa shape index (κ1) is 23.9. The Labute approximate surface area is 203 Å². The SMILES string of the molecule is CCN(CC)S(=O)(=O)c1cc(C(=O)Nc2ccccc2-c2nc3ccccc3s2)ccc1OC. The summed E-state index contributed by atoms with van der Waals surface area (Å²) in [5, 5.41) is 3.71. The standard InChI is InChI=1S/C25H25N3O4S2/c1-4-28(5-2)34(30,31)23-16-17(14-15-21(23)32-3)24(29)26-19-11-7-6-10-18(19)25-27-20-12-8-9-13-22(20)33-25/h6-16H,4-5H2,1-3H3,(H,26,29). The lowest BCUT2D eigenvalue weighted by atomic mass is 10.1. The van der Waals surface area contributed by atoms with Crippen molar-refractivity contribution in [3.05, 3.63) is 72.3 Å². The number of carbonyl (C=O) groups is 1. The van der Waals surface area contributed by atoms with Crippen molar-refractivity contribution in [2.24, 2.45) is 0 Å². The van der Waals surface area contributed by atoms with Gasteiger partial charge in [0.1, 0.15) is 15.7 Å². The number of rotatable bonds is 8. The van der Waals surface area contributed by atoms with Crippen LogP contribution in [0.4, 0.5) is 5.69 Å². The molecular weight excluding hydrogens is 470 g/mol. The molecule has 176 valence electrons. The van der Waals surface area contributed by atoms with Crippen molar-refractivity contribution in [2.75, 3.05) is 25.5 Å². The molecule has 0 bridgehead atoms. The van der Waals surface area contributed by atoms with E-state index in [9.17, 15) is 13.2 Å². The quantitative estimate of drug-likeness (QED) is 0.360. The van der Waals surface area contributed by atoms with Gasteiger partial charge in [0.05, 0.1) is 23.0 Å². The number of nitrogens with zero attached hydrogens (tertiary/aromatic N) is 2. The summed E-state index contributed by atoms with van der Waals surface area (Å²) >= 11 is 1.54. The monoisotopic (exact) mass is 495 g/mol. The Morgan fingerprint density at radius 1 is 1.03 bits per heavy atom. The second kappa shape index (κ2) is 9.92. The Hall–Kier alpha value is -3.27. The molecule has 9 heteroatoms. The van der Waals surface area contributed by atoms with Crippen LogP contribution in [0.3, 0.4) is 0 Å². The molecule has 7 nitrogen and oxygen atoms in total. The molecule has 34 heavy (non-hydrogen) atoms. The van der Waals surface area contributed by atoms with Crippen molar-refractivity contribution in [1.82, 2.24) is 9.29 Å². The maximum absolute atomic E-state index is 13.2. The topological polar surface area (TPSA) is 88.6 Å². The molecule has 1 amide bonds. The van der Waals surface area contributed by atoms with Gasteiger partial charge in [0.2, 0.25) is 10.0 Å². The zero-order valence-electron chi connectivity index (χ0n) is 19.1. The lowest BCUT2D eigenvalue weighted by molar-refractivity contribution is 0.102. The second-order valence-electron chi connectivity index (χ2n) is 7.44. The highest BCUT2D eigenvalue weighted by atomic mass is 32.2. The molecule has 0 atom stereocenters. The van der Waals surface area contributed by atoms with E-state index in [0.717, 1.165) is 20.8 Å². The molecule has 4 rings (SSSR count). The van der Waals surface area contributed by atoms with E-state index in [1.54, 1.807) is 37.3 Å². The van der Waals surface area contributed by atoms with Crippen molar-refractivity contribution in [2.45, 2.75) is 18.7 Å².